The number of methoxy groups -OCH3 is 1. The average molecular weight is 217 g/mol. The predicted octanol–water partition coefficient (Wildman–Crippen LogP) is 1.58. The van der Waals surface area contributed by atoms with E-state index in [1.165, 1.54) is 6.42 Å². The van der Waals surface area contributed by atoms with E-state index in [9.17, 15) is 0 Å². The molecule has 1 aliphatic rings. The first-order valence-corrected chi connectivity index (χ1v) is 5.60. The fourth-order valence-electron chi connectivity index (χ4n) is 2.36. The van der Waals surface area contributed by atoms with Crippen molar-refractivity contribution in [3.05, 3.63) is 24.5 Å². The van der Waals surface area contributed by atoms with E-state index in [-0.39, 0.29) is 0 Å². The van der Waals surface area contributed by atoms with Crippen LogP contribution in [0.15, 0.2) is 24.5 Å². The number of nitrogens with one attached hydrogen (secondary N) is 1. The van der Waals surface area contributed by atoms with Crippen LogP contribution >= 0.6 is 0 Å². The number of para-hydroxylation sites is 1. The monoisotopic (exact) mass is 217 g/mol. The van der Waals surface area contributed by atoms with E-state index in [4.69, 9.17) is 4.74 Å². The van der Waals surface area contributed by atoms with Crippen LogP contribution in [0.5, 0.6) is 5.75 Å². The van der Waals surface area contributed by atoms with Crippen molar-refractivity contribution in [3.63, 3.8) is 0 Å². The number of rotatable bonds is 2. The molecule has 1 aliphatic heterocycles. The summed E-state index contributed by atoms with van der Waals surface area (Å²) < 4.78 is 7.56. The maximum absolute atomic E-state index is 5.31. The van der Waals surface area contributed by atoms with Crippen LogP contribution < -0.4 is 10.1 Å². The molecule has 0 radical (unpaired) electrons. The molecule has 1 atom stereocenters. The largest absolute Gasteiger partial charge is 0.494 e. The van der Waals surface area contributed by atoms with Gasteiger partial charge in [0.05, 0.1) is 19.0 Å². The number of ether oxygens (including phenoxy) is 1. The van der Waals surface area contributed by atoms with Crippen molar-refractivity contribution in [2.75, 3.05) is 20.2 Å². The average Bonchev–Trinajstić information content (AvgIpc) is 2.96. The third-order valence-corrected chi connectivity index (χ3v) is 3.21. The van der Waals surface area contributed by atoms with Crippen molar-refractivity contribution in [2.45, 2.75) is 12.5 Å². The molecule has 1 unspecified atom stereocenters. The normalized spacial score (nSPS) is 20.4. The van der Waals surface area contributed by atoms with Crippen LogP contribution in [0.25, 0.3) is 11.0 Å². The van der Waals surface area contributed by atoms with Gasteiger partial charge in [-0.2, -0.15) is 0 Å². The predicted molar refractivity (Wildman–Crippen MR) is 62.8 cm³/mol. The minimum absolute atomic E-state index is 0.525. The first kappa shape index (κ1) is 9.66. The Balaban J connectivity index is 2.12. The van der Waals surface area contributed by atoms with Gasteiger partial charge in [-0.25, -0.2) is 4.98 Å². The van der Waals surface area contributed by atoms with Crippen molar-refractivity contribution in [1.29, 1.82) is 0 Å². The van der Waals surface area contributed by atoms with Crippen LogP contribution in [-0.4, -0.2) is 29.8 Å². The van der Waals surface area contributed by atoms with E-state index < -0.39 is 0 Å². The second-order valence-corrected chi connectivity index (χ2v) is 4.13. The molecule has 4 heteroatoms. The quantitative estimate of drug-likeness (QED) is 0.830. The number of hydrogen-bond acceptors (Lipinski definition) is 3. The van der Waals surface area contributed by atoms with E-state index >= 15 is 0 Å². The highest BCUT2D eigenvalue weighted by atomic mass is 16.5. The van der Waals surface area contributed by atoms with Gasteiger partial charge in [0.2, 0.25) is 0 Å². The Morgan fingerprint density at radius 3 is 3.19 bits per heavy atom. The molecule has 1 fully saturated rings. The van der Waals surface area contributed by atoms with Gasteiger partial charge in [-0.05, 0) is 25.1 Å². The number of aromatic nitrogens is 2. The van der Waals surface area contributed by atoms with E-state index in [2.05, 4.69) is 20.9 Å². The summed E-state index contributed by atoms with van der Waals surface area (Å²) in [5.41, 5.74) is 2.12. The zero-order valence-electron chi connectivity index (χ0n) is 9.31. The molecule has 0 bridgehead atoms. The summed E-state index contributed by atoms with van der Waals surface area (Å²) >= 11 is 0. The molecule has 3 rings (SSSR count). The Morgan fingerprint density at radius 2 is 2.44 bits per heavy atom. The first-order chi connectivity index (χ1) is 7.90. The molecular formula is C12H15N3O. The first-order valence-electron chi connectivity index (χ1n) is 5.60. The van der Waals surface area contributed by atoms with Crippen LogP contribution in [0, 0.1) is 0 Å². The van der Waals surface area contributed by atoms with Crippen molar-refractivity contribution < 1.29 is 4.74 Å². The minimum Gasteiger partial charge on any atom is -0.494 e. The number of imidazole rings is 1. The van der Waals surface area contributed by atoms with Gasteiger partial charge in [-0.15, -0.1) is 0 Å². The number of nitrogens with zero attached hydrogens (tertiary/aromatic N) is 2. The number of hydrogen-bond donors (Lipinski definition) is 1. The summed E-state index contributed by atoms with van der Waals surface area (Å²) in [5.74, 6) is 0.849. The Labute approximate surface area is 94.2 Å². The molecule has 2 heterocycles. The van der Waals surface area contributed by atoms with Crippen molar-refractivity contribution in [1.82, 2.24) is 14.9 Å². The zero-order valence-corrected chi connectivity index (χ0v) is 9.31. The van der Waals surface area contributed by atoms with Crippen molar-refractivity contribution >= 4 is 11.0 Å². The van der Waals surface area contributed by atoms with Gasteiger partial charge in [-0.1, -0.05) is 6.07 Å². The molecule has 16 heavy (non-hydrogen) atoms. The van der Waals surface area contributed by atoms with Gasteiger partial charge in [0.15, 0.2) is 0 Å². The van der Waals surface area contributed by atoms with Crippen LogP contribution in [0.3, 0.4) is 0 Å². The maximum atomic E-state index is 5.31. The topological polar surface area (TPSA) is 39.1 Å². The smallest absolute Gasteiger partial charge is 0.146 e. The second kappa shape index (κ2) is 3.79. The molecule has 1 aromatic heterocycles. The van der Waals surface area contributed by atoms with Gasteiger partial charge in [0, 0.05) is 12.6 Å². The Bertz CT molecular complexity index is 500. The van der Waals surface area contributed by atoms with Gasteiger partial charge < -0.3 is 14.6 Å². The lowest BCUT2D eigenvalue weighted by Gasteiger charge is -2.11. The molecule has 1 aromatic carbocycles. The summed E-state index contributed by atoms with van der Waals surface area (Å²) in [6.07, 6.45) is 3.09. The molecule has 4 nitrogen and oxygen atoms in total. The van der Waals surface area contributed by atoms with E-state index in [0.29, 0.717) is 6.04 Å². The highest BCUT2D eigenvalue weighted by Gasteiger charge is 2.18. The third kappa shape index (κ3) is 1.38. The van der Waals surface area contributed by atoms with Gasteiger partial charge in [-0.3, -0.25) is 0 Å². The zero-order chi connectivity index (χ0) is 11.0. The Morgan fingerprint density at radius 1 is 1.50 bits per heavy atom. The standard InChI is InChI=1S/C12H15N3O/c1-16-11-4-2-3-10-12(11)14-8-15(10)9-5-6-13-7-9/h2-4,8-9,13H,5-7H2,1H3. The fourth-order valence-corrected chi connectivity index (χ4v) is 2.36. The summed E-state index contributed by atoms with van der Waals surface area (Å²) in [6.45, 7) is 2.12. The summed E-state index contributed by atoms with van der Waals surface area (Å²) in [7, 11) is 1.69. The number of benzene rings is 1. The molecule has 1 saturated heterocycles. The SMILES string of the molecule is COc1cccc2c1ncn2C1CCNC1. The minimum atomic E-state index is 0.525. The van der Waals surface area contributed by atoms with Gasteiger partial charge >= 0.3 is 0 Å². The third-order valence-electron chi connectivity index (χ3n) is 3.21. The van der Waals surface area contributed by atoms with E-state index in [1.54, 1.807) is 7.11 Å². The molecule has 0 amide bonds. The molecule has 0 spiro atoms. The second-order valence-electron chi connectivity index (χ2n) is 4.13. The molecule has 84 valence electrons. The Hall–Kier alpha value is -1.55. The summed E-state index contributed by atoms with van der Waals surface area (Å²) in [4.78, 5) is 4.44. The van der Waals surface area contributed by atoms with Crippen LogP contribution in [-0.2, 0) is 0 Å². The summed E-state index contributed by atoms with van der Waals surface area (Å²) in [5, 5.41) is 3.37. The van der Waals surface area contributed by atoms with Crippen LogP contribution in [0.1, 0.15) is 12.5 Å². The molecule has 0 saturated carbocycles. The molecular weight excluding hydrogens is 202 g/mol. The van der Waals surface area contributed by atoms with Gasteiger partial charge in [0.1, 0.15) is 11.3 Å². The Kier molecular flexibility index (Phi) is 2.29. The lowest BCUT2D eigenvalue weighted by molar-refractivity contribution is 0.419. The van der Waals surface area contributed by atoms with Crippen LogP contribution in [0.2, 0.25) is 0 Å². The highest BCUT2D eigenvalue weighted by Crippen LogP contribution is 2.27. The molecule has 2 aromatic rings. The van der Waals surface area contributed by atoms with Crippen molar-refractivity contribution in [2.24, 2.45) is 0 Å². The van der Waals surface area contributed by atoms with Crippen LogP contribution in [0.4, 0.5) is 0 Å². The van der Waals surface area contributed by atoms with E-state index in [0.717, 1.165) is 29.9 Å². The fraction of sp³-hybridized carbons (Fsp3) is 0.417. The molecule has 1 N–H and O–H groups in total. The number of fused-ring (bicyclic) bond motifs is 1. The summed E-state index contributed by atoms with van der Waals surface area (Å²) in [6, 6.07) is 6.59. The lowest BCUT2D eigenvalue weighted by atomic mass is 10.2. The van der Waals surface area contributed by atoms with E-state index in [1.807, 2.05) is 18.5 Å². The van der Waals surface area contributed by atoms with Gasteiger partial charge in [0.25, 0.3) is 0 Å². The maximum Gasteiger partial charge on any atom is 0.146 e. The molecule has 0 aliphatic carbocycles. The lowest BCUT2D eigenvalue weighted by Crippen LogP contribution is -2.12. The van der Waals surface area contributed by atoms with Crippen molar-refractivity contribution in [3.8, 4) is 5.75 Å². The highest BCUT2D eigenvalue weighted by molar-refractivity contribution is 5.82.